The Balaban J connectivity index is 1.87. The maximum Gasteiger partial charge on any atom is 0.226 e. The van der Waals surface area contributed by atoms with Crippen molar-refractivity contribution in [2.45, 2.75) is 38.3 Å². The quantitative estimate of drug-likeness (QED) is 0.839. The smallest absolute Gasteiger partial charge is 0.226 e. The van der Waals surface area contributed by atoms with Gasteiger partial charge in [-0.2, -0.15) is 0 Å². The number of fused-ring (bicyclic) bond motifs is 3. The van der Waals surface area contributed by atoms with Crippen LogP contribution in [0.25, 0.3) is 0 Å². The minimum Gasteiger partial charge on any atom is -0.493 e. The van der Waals surface area contributed by atoms with Crippen LogP contribution in [0.15, 0.2) is 12.1 Å². The normalized spacial score (nSPS) is 23.6. The molecule has 1 amide bonds. The van der Waals surface area contributed by atoms with Crippen molar-refractivity contribution in [2.75, 3.05) is 21.3 Å². The number of methoxy groups -OCH3 is 3. The lowest BCUT2D eigenvalue weighted by molar-refractivity contribution is -0.147. The minimum absolute atomic E-state index is 0.229. The second-order valence-corrected chi connectivity index (χ2v) is 6.01. The van der Waals surface area contributed by atoms with Crippen LogP contribution in [0.4, 0.5) is 0 Å². The Morgan fingerprint density at radius 2 is 1.59 bits per heavy atom. The Morgan fingerprint density at radius 3 is 2.05 bits per heavy atom. The molecule has 4 rings (SSSR count). The van der Waals surface area contributed by atoms with Crippen LogP contribution < -0.4 is 14.2 Å². The molecule has 1 saturated carbocycles. The molecule has 1 aliphatic carbocycles. The Hall–Kier alpha value is -1.91. The summed E-state index contributed by atoms with van der Waals surface area (Å²) >= 11 is 0. The van der Waals surface area contributed by atoms with E-state index in [4.69, 9.17) is 14.2 Å². The van der Waals surface area contributed by atoms with E-state index < -0.39 is 0 Å². The first-order chi connectivity index (χ1) is 10.7. The molecule has 0 aromatic heterocycles. The van der Waals surface area contributed by atoms with E-state index in [0.29, 0.717) is 35.7 Å². The molecule has 1 aromatic rings. The molecule has 2 saturated heterocycles. The Kier molecular flexibility index (Phi) is 4.14. The highest BCUT2D eigenvalue weighted by Crippen LogP contribution is 2.40. The van der Waals surface area contributed by atoms with Gasteiger partial charge in [-0.3, -0.25) is 4.79 Å². The molecule has 0 spiro atoms. The van der Waals surface area contributed by atoms with Gasteiger partial charge in [0, 0.05) is 18.5 Å². The lowest BCUT2D eigenvalue weighted by atomic mass is 9.79. The van der Waals surface area contributed by atoms with Crippen molar-refractivity contribution in [3.63, 3.8) is 0 Å². The van der Waals surface area contributed by atoms with Gasteiger partial charge < -0.3 is 19.1 Å². The van der Waals surface area contributed by atoms with Crippen molar-refractivity contribution < 1.29 is 19.0 Å². The Labute approximate surface area is 131 Å². The minimum atomic E-state index is 0.229. The van der Waals surface area contributed by atoms with Gasteiger partial charge in [-0.15, -0.1) is 0 Å². The van der Waals surface area contributed by atoms with Crippen molar-refractivity contribution in [3.05, 3.63) is 17.7 Å². The number of amides is 1. The first-order valence-electron chi connectivity index (χ1n) is 7.77. The van der Waals surface area contributed by atoms with Crippen LogP contribution in [0.1, 0.15) is 31.2 Å². The van der Waals surface area contributed by atoms with Crippen LogP contribution in [-0.2, 0) is 11.3 Å². The summed E-state index contributed by atoms with van der Waals surface area (Å²) in [5.41, 5.74) is 1.01. The number of carbonyl (C=O) groups excluding carboxylic acids is 1. The first kappa shape index (κ1) is 15.0. The zero-order chi connectivity index (χ0) is 15.7. The van der Waals surface area contributed by atoms with Gasteiger partial charge >= 0.3 is 0 Å². The van der Waals surface area contributed by atoms with Gasteiger partial charge in [-0.25, -0.2) is 0 Å². The standard InChI is InChI=1S/C17H23NO4/c1-20-14-8-11(9-15(21-2)16(14)22-3)10-18-13-6-4-12(5-7-13)17(18)19/h8-9,12-13H,4-7,10H2,1-3H3. The Bertz CT molecular complexity index is 539. The highest BCUT2D eigenvalue weighted by atomic mass is 16.5. The van der Waals surface area contributed by atoms with E-state index in [1.54, 1.807) is 21.3 Å². The first-order valence-corrected chi connectivity index (χ1v) is 7.77. The van der Waals surface area contributed by atoms with Crippen molar-refractivity contribution in [1.82, 2.24) is 4.90 Å². The average molecular weight is 305 g/mol. The lowest BCUT2D eigenvalue weighted by Crippen LogP contribution is -2.51. The molecule has 0 unspecified atom stereocenters. The number of ether oxygens (including phenoxy) is 3. The summed E-state index contributed by atoms with van der Waals surface area (Å²) in [4.78, 5) is 14.5. The third-order valence-corrected chi connectivity index (χ3v) is 4.85. The zero-order valence-electron chi connectivity index (χ0n) is 13.4. The van der Waals surface area contributed by atoms with Crippen LogP contribution in [0.2, 0.25) is 0 Å². The lowest BCUT2D eigenvalue weighted by Gasteiger charge is -2.44. The van der Waals surface area contributed by atoms with E-state index in [2.05, 4.69) is 0 Å². The number of carbonyl (C=O) groups is 1. The number of benzene rings is 1. The maximum atomic E-state index is 12.5. The van der Waals surface area contributed by atoms with Gasteiger partial charge in [0.15, 0.2) is 11.5 Å². The molecule has 2 heterocycles. The topological polar surface area (TPSA) is 48.0 Å². The van der Waals surface area contributed by atoms with Crippen LogP contribution in [0.5, 0.6) is 17.2 Å². The molecule has 2 aliphatic heterocycles. The van der Waals surface area contributed by atoms with E-state index in [-0.39, 0.29) is 5.92 Å². The summed E-state index contributed by atoms with van der Waals surface area (Å²) < 4.78 is 16.1. The predicted molar refractivity (Wildman–Crippen MR) is 82.4 cm³/mol. The number of hydrogen-bond donors (Lipinski definition) is 0. The van der Waals surface area contributed by atoms with Gasteiger partial charge in [-0.1, -0.05) is 0 Å². The van der Waals surface area contributed by atoms with Crippen LogP contribution in [-0.4, -0.2) is 38.2 Å². The zero-order valence-corrected chi connectivity index (χ0v) is 13.4. The highest BCUT2D eigenvalue weighted by molar-refractivity contribution is 5.81. The Morgan fingerprint density at radius 1 is 1.00 bits per heavy atom. The second-order valence-electron chi connectivity index (χ2n) is 6.01. The highest BCUT2D eigenvalue weighted by Gasteiger charge is 2.40. The number of piperidine rings is 2. The van der Waals surface area contributed by atoms with Gasteiger partial charge in [0.25, 0.3) is 0 Å². The van der Waals surface area contributed by atoms with Gasteiger partial charge in [-0.05, 0) is 43.4 Å². The molecule has 0 N–H and O–H groups in total. The fourth-order valence-electron chi connectivity index (χ4n) is 3.68. The van der Waals surface area contributed by atoms with Crippen molar-refractivity contribution in [3.8, 4) is 17.2 Å². The van der Waals surface area contributed by atoms with Gasteiger partial charge in [0.1, 0.15) is 0 Å². The van der Waals surface area contributed by atoms with E-state index in [9.17, 15) is 4.79 Å². The summed E-state index contributed by atoms with van der Waals surface area (Å²) in [6, 6.07) is 4.24. The van der Waals surface area contributed by atoms with Gasteiger partial charge in [0.2, 0.25) is 11.7 Å². The SMILES string of the molecule is COc1cc(CN2C(=O)C3CCC2CC3)cc(OC)c1OC. The predicted octanol–water partition coefficient (Wildman–Crippen LogP) is 2.61. The monoisotopic (exact) mass is 305 g/mol. The average Bonchev–Trinajstić information content (AvgIpc) is 2.57. The molecule has 0 atom stereocenters. The van der Waals surface area contributed by atoms with Crippen LogP contribution >= 0.6 is 0 Å². The van der Waals surface area contributed by atoms with Crippen molar-refractivity contribution in [2.24, 2.45) is 5.92 Å². The van der Waals surface area contributed by atoms with Crippen molar-refractivity contribution >= 4 is 5.91 Å². The molecule has 1 aromatic carbocycles. The van der Waals surface area contributed by atoms with E-state index >= 15 is 0 Å². The van der Waals surface area contributed by atoms with Crippen LogP contribution in [0, 0.1) is 5.92 Å². The summed E-state index contributed by atoms with van der Waals surface area (Å²) in [7, 11) is 4.80. The summed E-state index contributed by atoms with van der Waals surface area (Å²) in [5, 5.41) is 0. The molecule has 120 valence electrons. The van der Waals surface area contributed by atoms with Crippen molar-refractivity contribution in [1.29, 1.82) is 0 Å². The van der Waals surface area contributed by atoms with E-state index in [0.717, 1.165) is 31.2 Å². The third kappa shape index (κ3) is 2.49. The van der Waals surface area contributed by atoms with Crippen LogP contribution in [0.3, 0.4) is 0 Å². The molecule has 5 heteroatoms. The van der Waals surface area contributed by atoms with Gasteiger partial charge in [0.05, 0.1) is 21.3 Å². The molecule has 5 nitrogen and oxygen atoms in total. The van der Waals surface area contributed by atoms with E-state index in [1.807, 2.05) is 17.0 Å². The second kappa shape index (κ2) is 6.07. The number of nitrogens with zero attached hydrogens (tertiary/aromatic N) is 1. The maximum absolute atomic E-state index is 12.5. The summed E-state index contributed by atoms with van der Waals surface area (Å²) in [5.74, 6) is 2.38. The number of hydrogen-bond acceptors (Lipinski definition) is 4. The molecular formula is C17H23NO4. The molecule has 3 fully saturated rings. The molecule has 22 heavy (non-hydrogen) atoms. The summed E-state index contributed by atoms with van der Waals surface area (Å²) in [6.45, 7) is 0.608. The molecule has 3 aliphatic rings. The fraction of sp³-hybridized carbons (Fsp3) is 0.588. The van der Waals surface area contributed by atoms with E-state index in [1.165, 1.54) is 0 Å². The molecular weight excluding hydrogens is 282 g/mol. The third-order valence-electron chi connectivity index (χ3n) is 4.85. The molecule has 0 radical (unpaired) electrons. The largest absolute Gasteiger partial charge is 0.493 e. The molecule has 2 bridgehead atoms. The summed E-state index contributed by atoms with van der Waals surface area (Å²) in [6.07, 6.45) is 4.35. The number of rotatable bonds is 5. The fourth-order valence-corrected chi connectivity index (χ4v) is 3.68.